The smallest absolute Gasteiger partial charge is 0.497 e. The Balaban J connectivity index is 1.95. The highest BCUT2D eigenvalue weighted by atomic mass is 19.1. The number of hydrogen-bond acceptors (Lipinski definition) is 11. The first-order chi connectivity index (χ1) is 16.9. The van der Waals surface area contributed by atoms with Crippen LogP contribution in [0.25, 0.3) is 0 Å². The average molecular weight is 515 g/mol. The van der Waals surface area contributed by atoms with Crippen LogP contribution >= 0.6 is 0 Å². The normalized spacial score (nSPS) is 26.1. The average Bonchev–Trinajstić information content (AvgIpc) is 3.15. The zero-order valence-corrected chi connectivity index (χ0v) is 20.5. The Labute approximate surface area is 206 Å². The largest absolute Gasteiger partial charge is 0.508 e. The van der Waals surface area contributed by atoms with Gasteiger partial charge in [0, 0.05) is 29.8 Å². The van der Waals surface area contributed by atoms with Gasteiger partial charge in [-0.25, -0.2) is 9.18 Å². The number of nitrogens with zero attached hydrogens (tertiary/aromatic N) is 2. The van der Waals surface area contributed by atoms with Crippen LogP contribution in [0.4, 0.5) is 9.18 Å². The minimum absolute atomic E-state index is 0.00402. The van der Waals surface area contributed by atoms with E-state index in [9.17, 15) is 29.6 Å². The van der Waals surface area contributed by atoms with Crippen molar-refractivity contribution in [2.45, 2.75) is 63.6 Å². The summed E-state index contributed by atoms with van der Waals surface area (Å²) in [4.78, 5) is 11.3. The molecular weight excluding hydrogens is 483 g/mol. The molecule has 0 aliphatic carbocycles. The molecule has 0 spiro atoms. The van der Waals surface area contributed by atoms with E-state index >= 15 is 0 Å². The van der Waals surface area contributed by atoms with Gasteiger partial charge in [0.05, 0.1) is 14.2 Å². The lowest BCUT2D eigenvalue weighted by Crippen LogP contribution is -2.67. The van der Waals surface area contributed by atoms with Gasteiger partial charge in [-0.05, 0) is 32.4 Å². The zero-order valence-electron chi connectivity index (χ0n) is 20.5. The number of hydrogen-bond donors (Lipinski definition) is 4. The van der Waals surface area contributed by atoms with Crippen LogP contribution in [-0.4, -0.2) is 87.6 Å². The van der Waals surface area contributed by atoms with Gasteiger partial charge in [0.25, 0.3) is 0 Å². The number of carbonyl (C=O) groups is 1. The van der Waals surface area contributed by atoms with Crippen molar-refractivity contribution < 1.29 is 53.3 Å². The van der Waals surface area contributed by atoms with Crippen molar-refractivity contribution >= 4 is 6.16 Å². The van der Waals surface area contributed by atoms with E-state index < -0.39 is 49.0 Å². The minimum Gasteiger partial charge on any atom is -0.497 e. The van der Waals surface area contributed by atoms with Crippen LogP contribution in [-0.2, 0) is 20.6 Å². The third-order valence-corrected chi connectivity index (χ3v) is 5.88. The summed E-state index contributed by atoms with van der Waals surface area (Å²) in [7, 11) is 2.49. The molecule has 4 N–H and O–H groups in total. The molecule has 1 aliphatic heterocycles. The van der Waals surface area contributed by atoms with Crippen LogP contribution in [0.3, 0.4) is 0 Å². The van der Waals surface area contributed by atoms with E-state index in [0.29, 0.717) is 17.0 Å². The molecule has 0 saturated carbocycles. The maximum absolute atomic E-state index is 14.7. The van der Waals surface area contributed by atoms with Gasteiger partial charge in [-0.3, -0.25) is 4.68 Å². The molecule has 2 aromatic rings. The first-order valence-corrected chi connectivity index (χ1v) is 11.2. The van der Waals surface area contributed by atoms with Crippen LogP contribution in [0.2, 0.25) is 0 Å². The Morgan fingerprint density at radius 1 is 1.25 bits per heavy atom. The number of benzene rings is 1. The second-order valence-corrected chi connectivity index (χ2v) is 8.62. The highest BCUT2D eigenvalue weighted by molar-refractivity contribution is 5.59. The van der Waals surface area contributed by atoms with Crippen molar-refractivity contribution in [1.82, 2.24) is 9.78 Å². The van der Waals surface area contributed by atoms with Crippen LogP contribution in [0.5, 0.6) is 11.6 Å². The monoisotopic (exact) mass is 514 g/mol. The van der Waals surface area contributed by atoms with Gasteiger partial charge >= 0.3 is 12.1 Å². The van der Waals surface area contributed by atoms with Gasteiger partial charge in [-0.1, -0.05) is 6.07 Å². The summed E-state index contributed by atoms with van der Waals surface area (Å²) in [6.45, 7) is 4.79. The van der Waals surface area contributed by atoms with Gasteiger partial charge in [-0.2, -0.15) is 0 Å². The second-order valence-electron chi connectivity index (χ2n) is 8.62. The van der Waals surface area contributed by atoms with Crippen molar-refractivity contribution in [3.63, 3.8) is 0 Å². The Hall–Kier alpha value is -2.97. The molecule has 3 rings (SSSR count). The first kappa shape index (κ1) is 27.6. The summed E-state index contributed by atoms with van der Waals surface area (Å²) in [5.74, 6) is -3.31. The van der Waals surface area contributed by atoms with E-state index in [1.807, 2.05) is 13.8 Å². The molecule has 1 aromatic heterocycles. The number of aromatic nitrogens is 2. The topological polar surface area (TPSA) is 162 Å². The quantitative estimate of drug-likeness (QED) is 0.291. The van der Waals surface area contributed by atoms with E-state index in [1.54, 1.807) is 17.7 Å². The maximum atomic E-state index is 14.7. The molecular formula is C23H31FN2O10. The molecule has 13 heteroatoms. The standard InChI is InChI=1S/C23H31FN2O10/c1-11(2)26-12(3)15(8-13-6-7-14(32-4)9-16(13)24)21(25-26)36-23(31)20(29)19(28)18(27)17(35-23)10-34-22(30)33-5/h6-7,9,11,17-20,27-29,31H,8,10H2,1-5H3/t17-,18-,19+,20-,23-/m1/s1. The van der Waals surface area contributed by atoms with E-state index in [2.05, 4.69) is 9.84 Å². The molecule has 5 atom stereocenters. The molecule has 0 bridgehead atoms. The zero-order chi connectivity index (χ0) is 26.8. The van der Waals surface area contributed by atoms with Gasteiger partial charge in [0.15, 0.2) is 6.10 Å². The number of aliphatic hydroxyl groups excluding tert-OH is 3. The van der Waals surface area contributed by atoms with Crippen LogP contribution in [0.15, 0.2) is 18.2 Å². The van der Waals surface area contributed by atoms with E-state index in [0.717, 1.165) is 7.11 Å². The minimum atomic E-state index is -2.90. The molecule has 1 saturated heterocycles. The van der Waals surface area contributed by atoms with Crippen molar-refractivity contribution in [2.24, 2.45) is 0 Å². The van der Waals surface area contributed by atoms with Crippen molar-refractivity contribution in [3.8, 4) is 11.6 Å². The molecule has 1 aromatic carbocycles. The van der Waals surface area contributed by atoms with Gasteiger partial charge in [0.1, 0.15) is 36.5 Å². The van der Waals surface area contributed by atoms with E-state index in [1.165, 1.54) is 19.2 Å². The number of rotatable bonds is 8. The summed E-state index contributed by atoms with van der Waals surface area (Å²) in [6, 6.07) is 4.20. The maximum Gasteiger partial charge on any atom is 0.508 e. The molecule has 0 unspecified atom stereocenters. The Morgan fingerprint density at radius 3 is 2.53 bits per heavy atom. The van der Waals surface area contributed by atoms with Crippen LogP contribution in [0, 0.1) is 12.7 Å². The fourth-order valence-electron chi connectivity index (χ4n) is 3.85. The van der Waals surface area contributed by atoms with Crippen molar-refractivity contribution in [3.05, 3.63) is 40.8 Å². The number of ether oxygens (including phenoxy) is 5. The van der Waals surface area contributed by atoms with Crippen LogP contribution < -0.4 is 9.47 Å². The van der Waals surface area contributed by atoms with Crippen molar-refractivity contribution in [1.29, 1.82) is 0 Å². The predicted molar refractivity (Wildman–Crippen MR) is 120 cm³/mol. The van der Waals surface area contributed by atoms with Crippen molar-refractivity contribution in [2.75, 3.05) is 20.8 Å². The number of methoxy groups -OCH3 is 2. The summed E-state index contributed by atoms with van der Waals surface area (Å²) >= 11 is 0. The molecule has 36 heavy (non-hydrogen) atoms. The van der Waals surface area contributed by atoms with E-state index in [-0.39, 0.29) is 23.9 Å². The summed E-state index contributed by atoms with van der Waals surface area (Å²) < 4.78 is 41.3. The highest BCUT2D eigenvalue weighted by Gasteiger charge is 2.56. The van der Waals surface area contributed by atoms with Gasteiger partial charge < -0.3 is 44.1 Å². The summed E-state index contributed by atoms with van der Waals surface area (Å²) in [5, 5.41) is 46.4. The predicted octanol–water partition coefficient (Wildman–Crippen LogP) is 0.800. The van der Waals surface area contributed by atoms with E-state index in [4.69, 9.17) is 18.9 Å². The second kappa shape index (κ2) is 11.0. The molecule has 0 amide bonds. The number of halogens is 1. The fraction of sp³-hybridized carbons (Fsp3) is 0.565. The van der Waals surface area contributed by atoms with Gasteiger partial charge in [0.2, 0.25) is 5.88 Å². The lowest BCUT2D eigenvalue weighted by molar-refractivity contribution is -0.423. The molecule has 2 heterocycles. The Bertz CT molecular complexity index is 1080. The summed E-state index contributed by atoms with van der Waals surface area (Å²) in [5.41, 5.74) is 1.25. The lowest BCUT2D eigenvalue weighted by atomic mass is 9.97. The van der Waals surface area contributed by atoms with Gasteiger partial charge in [-0.15, -0.1) is 5.10 Å². The molecule has 0 radical (unpaired) electrons. The van der Waals surface area contributed by atoms with Crippen LogP contribution in [0.1, 0.15) is 36.7 Å². The number of aliphatic hydroxyl groups is 4. The number of carbonyl (C=O) groups excluding carboxylic acids is 1. The third kappa shape index (κ3) is 5.55. The Kier molecular flexibility index (Phi) is 8.41. The third-order valence-electron chi connectivity index (χ3n) is 5.88. The fourth-order valence-corrected chi connectivity index (χ4v) is 3.85. The lowest BCUT2D eigenvalue weighted by Gasteiger charge is -2.44. The molecule has 12 nitrogen and oxygen atoms in total. The molecule has 1 fully saturated rings. The summed E-state index contributed by atoms with van der Waals surface area (Å²) in [6.07, 6.45) is -8.41. The molecule has 1 aliphatic rings. The Morgan fingerprint density at radius 2 is 1.94 bits per heavy atom. The first-order valence-electron chi connectivity index (χ1n) is 11.2. The highest BCUT2D eigenvalue weighted by Crippen LogP contribution is 2.35. The molecule has 200 valence electrons. The SMILES string of the molecule is COC(=O)OC[C@H]1O[C@@](O)(Oc2nn(C(C)C)c(C)c2Cc2ccc(OC)cc2F)[C@H](O)[C@@H](O)[C@@H]1O.